The van der Waals surface area contributed by atoms with Crippen LogP contribution in [0, 0.1) is 14.8 Å². The number of nitrogens with zero attached hydrogens (tertiary/aromatic N) is 1. The van der Waals surface area contributed by atoms with Gasteiger partial charge in [-0.1, -0.05) is 13.8 Å². The van der Waals surface area contributed by atoms with E-state index in [0.29, 0.717) is 47.2 Å². The van der Waals surface area contributed by atoms with Crippen LogP contribution in [0.4, 0.5) is 15.1 Å². The van der Waals surface area contributed by atoms with Crippen LogP contribution in [-0.4, -0.2) is 49.4 Å². The lowest BCUT2D eigenvalue weighted by Crippen LogP contribution is -2.35. The highest BCUT2D eigenvalue weighted by molar-refractivity contribution is 14.1. The van der Waals surface area contributed by atoms with Crippen LogP contribution < -0.4 is 16.0 Å². The summed E-state index contributed by atoms with van der Waals surface area (Å²) in [5, 5.41) is 9.95. The topological polar surface area (TPSA) is 73.5 Å². The van der Waals surface area contributed by atoms with E-state index >= 15 is 0 Å². The predicted molar refractivity (Wildman–Crippen MR) is 130 cm³/mol. The highest BCUT2D eigenvalue weighted by Crippen LogP contribution is 2.41. The quantitative estimate of drug-likeness (QED) is 0.501. The average Bonchev–Trinajstić information content (AvgIpc) is 2.86. The Bertz CT molecular complexity index is 1020. The number of amides is 2. The molecule has 2 aliphatic rings. The van der Waals surface area contributed by atoms with Crippen molar-refractivity contribution in [1.82, 2.24) is 15.5 Å². The zero-order valence-corrected chi connectivity index (χ0v) is 20.6. The second kappa shape index (κ2) is 9.03. The number of hydrogen-bond donors (Lipinski definition) is 3. The zero-order chi connectivity index (χ0) is 22.2. The summed E-state index contributed by atoms with van der Waals surface area (Å²) in [5.74, 6) is -0.661. The minimum atomic E-state index is -0.391. The Labute approximate surface area is 199 Å². The molecule has 4 rings (SSSR count). The van der Waals surface area contributed by atoms with Gasteiger partial charge in [0.25, 0.3) is 11.8 Å². The highest BCUT2D eigenvalue weighted by Gasteiger charge is 2.36. The van der Waals surface area contributed by atoms with Gasteiger partial charge in [-0.25, -0.2) is 4.39 Å². The molecule has 0 atom stereocenters. The SMILES string of the molecule is CC1(C)CNC(=O)c2sc(Nc3ccc(I)cc3F)c(C(=O)N3CCCNCC3)c2C1. The number of rotatable bonds is 3. The number of benzene rings is 1. The molecule has 3 heterocycles. The Morgan fingerprint density at radius 1 is 1.29 bits per heavy atom. The van der Waals surface area contributed by atoms with Crippen LogP contribution in [0.15, 0.2) is 18.2 Å². The Morgan fingerprint density at radius 2 is 2.10 bits per heavy atom. The molecule has 1 saturated heterocycles. The van der Waals surface area contributed by atoms with Crippen LogP contribution in [0.2, 0.25) is 0 Å². The fourth-order valence-electron chi connectivity index (χ4n) is 3.99. The Hall–Kier alpha value is -1.72. The molecule has 9 heteroatoms. The van der Waals surface area contributed by atoms with Crippen LogP contribution >= 0.6 is 33.9 Å². The van der Waals surface area contributed by atoms with Gasteiger partial charge in [0.05, 0.1) is 16.1 Å². The minimum Gasteiger partial charge on any atom is -0.351 e. The van der Waals surface area contributed by atoms with Gasteiger partial charge in [0.15, 0.2) is 0 Å². The van der Waals surface area contributed by atoms with Gasteiger partial charge < -0.3 is 20.9 Å². The van der Waals surface area contributed by atoms with E-state index in [4.69, 9.17) is 0 Å². The second-order valence-electron chi connectivity index (χ2n) is 8.78. The number of hydrogen-bond acceptors (Lipinski definition) is 5. The summed E-state index contributed by atoms with van der Waals surface area (Å²) >= 11 is 3.29. The lowest BCUT2D eigenvalue weighted by Gasteiger charge is -2.25. The van der Waals surface area contributed by atoms with Crippen LogP contribution in [0.5, 0.6) is 0 Å². The molecule has 166 valence electrons. The van der Waals surface area contributed by atoms with Crippen molar-refractivity contribution in [3.8, 4) is 0 Å². The van der Waals surface area contributed by atoms with Crippen LogP contribution in [0.1, 0.15) is 45.9 Å². The summed E-state index contributed by atoms with van der Waals surface area (Å²) in [5.41, 5.74) is 1.37. The van der Waals surface area contributed by atoms with Gasteiger partial charge in [-0.2, -0.15) is 0 Å². The van der Waals surface area contributed by atoms with Gasteiger partial charge in [-0.15, -0.1) is 11.3 Å². The highest BCUT2D eigenvalue weighted by atomic mass is 127. The molecule has 0 bridgehead atoms. The van der Waals surface area contributed by atoms with Gasteiger partial charge in [-0.3, -0.25) is 9.59 Å². The summed E-state index contributed by atoms with van der Waals surface area (Å²) in [6, 6.07) is 4.91. The minimum absolute atomic E-state index is 0.0971. The first kappa shape index (κ1) is 22.5. The monoisotopic (exact) mass is 556 g/mol. The van der Waals surface area contributed by atoms with Crippen molar-refractivity contribution in [2.45, 2.75) is 26.7 Å². The van der Waals surface area contributed by atoms with E-state index in [1.165, 1.54) is 17.4 Å². The van der Waals surface area contributed by atoms with E-state index in [9.17, 15) is 14.0 Å². The molecule has 1 aromatic carbocycles. The van der Waals surface area contributed by atoms with E-state index in [-0.39, 0.29) is 17.2 Å². The summed E-state index contributed by atoms with van der Waals surface area (Å²) in [4.78, 5) is 28.9. The van der Waals surface area contributed by atoms with E-state index in [1.807, 2.05) is 11.0 Å². The third-order valence-corrected chi connectivity index (χ3v) is 7.43. The van der Waals surface area contributed by atoms with E-state index in [0.717, 1.165) is 28.6 Å². The molecule has 0 radical (unpaired) electrons. The van der Waals surface area contributed by atoms with Crippen molar-refractivity contribution in [1.29, 1.82) is 0 Å². The van der Waals surface area contributed by atoms with Crippen molar-refractivity contribution in [2.75, 3.05) is 38.0 Å². The molecule has 6 nitrogen and oxygen atoms in total. The van der Waals surface area contributed by atoms with Crippen LogP contribution in [-0.2, 0) is 6.42 Å². The van der Waals surface area contributed by atoms with Gasteiger partial charge in [0.2, 0.25) is 0 Å². The number of carbonyl (C=O) groups is 2. The number of fused-ring (bicyclic) bond motifs is 1. The Kier molecular flexibility index (Phi) is 6.55. The van der Waals surface area contributed by atoms with E-state index in [1.54, 1.807) is 6.07 Å². The van der Waals surface area contributed by atoms with E-state index < -0.39 is 5.82 Å². The molecule has 0 saturated carbocycles. The second-order valence-corrected chi connectivity index (χ2v) is 11.0. The third kappa shape index (κ3) is 4.88. The number of carbonyl (C=O) groups excluding carboxylic acids is 2. The standard InChI is InChI=1S/C22H26FIN4O2S/c1-22(2)11-14-17(21(30)28-8-3-6-25-7-9-28)20(31-18(14)19(29)26-12-22)27-16-5-4-13(24)10-15(16)23/h4-5,10,25,27H,3,6-9,11-12H2,1-2H3,(H,26,29). The molecule has 0 aliphatic carbocycles. The molecular formula is C22H26FIN4O2S. The zero-order valence-electron chi connectivity index (χ0n) is 17.6. The smallest absolute Gasteiger partial charge is 0.261 e. The Morgan fingerprint density at radius 3 is 2.87 bits per heavy atom. The summed E-state index contributed by atoms with van der Waals surface area (Å²) < 4.78 is 15.4. The van der Waals surface area contributed by atoms with Crippen molar-refractivity contribution in [2.24, 2.45) is 5.41 Å². The van der Waals surface area contributed by atoms with Gasteiger partial charge in [-0.05, 0) is 71.2 Å². The van der Waals surface area contributed by atoms with Gasteiger partial charge in [0.1, 0.15) is 10.8 Å². The normalized spacial score (nSPS) is 18.6. The molecular weight excluding hydrogens is 530 g/mol. The van der Waals surface area contributed by atoms with Gasteiger partial charge in [0, 0.05) is 29.7 Å². The van der Waals surface area contributed by atoms with Crippen molar-refractivity contribution < 1.29 is 14.0 Å². The fraction of sp³-hybridized carbons (Fsp3) is 0.455. The first-order chi connectivity index (χ1) is 14.7. The van der Waals surface area contributed by atoms with Crippen LogP contribution in [0.25, 0.3) is 0 Å². The largest absolute Gasteiger partial charge is 0.351 e. The van der Waals surface area contributed by atoms with Crippen molar-refractivity contribution in [3.05, 3.63) is 43.6 Å². The maximum Gasteiger partial charge on any atom is 0.261 e. The molecule has 2 aromatic rings. The molecule has 31 heavy (non-hydrogen) atoms. The lowest BCUT2D eigenvalue weighted by atomic mass is 9.85. The van der Waals surface area contributed by atoms with Crippen molar-refractivity contribution in [3.63, 3.8) is 0 Å². The average molecular weight is 556 g/mol. The first-order valence-corrected chi connectivity index (χ1v) is 12.3. The van der Waals surface area contributed by atoms with Crippen LogP contribution in [0.3, 0.4) is 0 Å². The number of thiophene rings is 1. The first-order valence-electron chi connectivity index (χ1n) is 10.4. The predicted octanol–water partition coefficient (Wildman–Crippen LogP) is 3.98. The Balaban J connectivity index is 1.81. The summed E-state index contributed by atoms with van der Waals surface area (Å²) in [6.07, 6.45) is 1.47. The summed E-state index contributed by atoms with van der Waals surface area (Å²) in [7, 11) is 0. The third-order valence-electron chi connectivity index (χ3n) is 5.62. The van der Waals surface area contributed by atoms with E-state index in [2.05, 4.69) is 52.4 Å². The van der Waals surface area contributed by atoms with Gasteiger partial charge >= 0.3 is 0 Å². The molecule has 3 N–H and O–H groups in total. The summed E-state index contributed by atoms with van der Waals surface area (Å²) in [6.45, 7) is 7.58. The lowest BCUT2D eigenvalue weighted by molar-refractivity contribution is 0.0766. The molecule has 0 spiro atoms. The molecule has 0 unspecified atom stereocenters. The number of anilines is 2. The molecule has 2 aliphatic heterocycles. The number of halogens is 2. The fourth-order valence-corrected chi connectivity index (χ4v) is 5.59. The van der Waals surface area contributed by atoms with Crippen molar-refractivity contribution >= 4 is 56.4 Å². The molecule has 2 amide bonds. The molecule has 1 fully saturated rings. The molecule has 1 aromatic heterocycles. The maximum atomic E-state index is 14.6. The number of nitrogens with one attached hydrogen (secondary N) is 3. The maximum absolute atomic E-state index is 14.6.